The fourth-order valence-electron chi connectivity index (χ4n) is 1.15. The zero-order valence-electron chi connectivity index (χ0n) is 11.6. The Balaban J connectivity index is 3.38. The first kappa shape index (κ1) is 16.2. The van der Waals surface area contributed by atoms with Crippen LogP contribution in [0.1, 0.15) is 20.3 Å². The van der Waals surface area contributed by atoms with Gasteiger partial charge >= 0.3 is 0 Å². The molecule has 5 heteroatoms. The van der Waals surface area contributed by atoms with Crippen molar-refractivity contribution < 1.29 is 9.47 Å². The van der Waals surface area contributed by atoms with Crippen LogP contribution in [0.2, 0.25) is 0 Å². The number of aliphatic imine (C=N–C) groups is 1. The highest BCUT2D eigenvalue weighted by atomic mass is 16.5. The van der Waals surface area contributed by atoms with Gasteiger partial charge in [0.25, 0.3) is 0 Å². The molecule has 0 aromatic heterocycles. The molecule has 0 unspecified atom stereocenters. The third-order valence-electron chi connectivity index (χ3n) is 2.20. The van der Waals surface area contributed by atoms with E-state index in [0.29, 0.717) is 19.1 Å². The van der Waals surface area contributed by atoms with E-state index in [0.717, 1.165) is 32.1 Å². The Morgan fingerprint density at radius 2 is 1.76 bits per heavy atom. The van der Waals surface area contributed by atoms with Crippen LogP contribution in [0.15, 0.2) is 4.99 Å². The molecule has 0 amide bonds. The lowest BCUT2D eigenvalue weighted by Gasteiger charge is -2.12. The van der Waals surface area contributed by atoms with Gasteiger partial charge in [-0.3, -0.25) is 4.99 Å². The summed E-state index contributed by atoms with van der Waals surface area (Å²) in [6.07, 6.45) is 1.11. The number of hydrogen-bond donors (Lipinski definition) is 2. The molecule has 5 nitrogen and oxygen atoms in total. The SMILES string of the molecule is CN=C(NCCOC)NCCOCCC(C)C. The van der Waals surface area contributed by atoms with Gasteiger partial charge in [0.2, 0.25) is 0 Å². The van der Waals surface area contributed by atoms with Crippen molar-refractivity contribution in [2.45, 2.75) is 20.3 Å². The van der Waals surface area contributed by atoms with Crippen molar-refractivity contribution in [3.63, 3.8) is 0 Å². The maximum atomic E-state index is 5.50. The Kier molecular flexibility index (Phi) is 11.1. The fourth-order valence-corrected chi connectivity index (χ4v) is 1.15. The quantitative estimate of drug-likeness (QED) is 0.359. The predicted octanol–water partition coefficient (Wildman–Crippen LogP) is 0.860. The Hall–Kier alpha value is -0.810. The Labute approximate surface area is 105 Å². The van der Waals surface area contributed by atoms with Crippen LogP contribution in [0.25, 0.3) is 0 Å². The molecule has 0 aromatic rings. The molecule has 0 saturated carbocycles. The van der Waals surface area contributed by atoms with Gasteiger partial charge in [-0.15, -0.1) is 0 Å². The largest absolute Gasteiger partial charge is 0.383 e. The minimum atomic E-state index is 0.672. The lowest BCUT2D eigenvalue weighted by Crippen LogP contribution is -2.40. The first-order chi connectivity index (χ1) is 8.20. The molecule has 102 valence electrons. The lowest BCUT2D eigenvalue weighted by molar-refractivity contribution is 0.128. The van der Waals surface area contributed by atoms with Crippen molar-refractivity contribution in [2.75, 3.05) is 47.1 Å². The van der Waals surface area contributed by atoms with Crippen molar-refractivity contribution in [3.8, 4) is 0 Å². The highest BCUT2D eigenvalue weighted by Crippen LogP contribution is 1.98. The standard InChI is InChI=1S/C12H27N3O2/c1-11(2)5-8-17-10-7-15-12(13-3)14-6-9-16-4/h11H,5-10H2,1-4H3,(H2,13,14,15). The van der Waals surface area contributed by atoms with Gasteiger partial charge in [0, 0.05) is 33.9 Å². The van der Waals surface area contributed by atoms with Crippen LogP contribution in [-0.4, -0.2) is 53.0 Å². The van der Waals surface area contributed by atoms with Crippen LogP contribution >= 0.6 is 0 Å². The molecule has 0 radical (unpaired) electrons. The number of hydrogen-bond acceptors (Lipinski definition) is 3. The second-order valence-corrected chi connectivity index (χ2v) is 4.21. The van der Waals surface area contributed by atoms with Crippen molar-refractivity contribution in [1.82, 2.24) is 10.6 Å². The summed E-state index contributed by atoms with van der Waals surface area (Å²) in [6.45, 7) is 8.12. The topological polar surface area (TPSA) is 54.9 Å². The third kappa shape index (κ3) is 11.5. The average molecular weight is 245 g/mol. The van der Waals surface area contributed by atoms with Gasteiger partial charge in [-0.05, 0) is 12.3 Å². The van der Waals surface area contributed by atoms with E-state index in [4.69, 9.17) is 9.47 Å². The molecule has 0 bridgehead atoms. The van der Waals surface area contributed by atoms with Crippen molar-refractivity contribution in [3.05, 3.63) is 0 Å². The summed E-state index contributed by atoms with van der Waals surface area (Å²) in [5.41, 5.74) is 0. The molecule has 0 atom stereocenters. The van der Waals surface area contributed by atoms with Crippen molar-refractivity contribution in [2.24, 2.45) is 10.9 Å². The molecule has 17 heavy (non-hydrogen) atoms. The maximum Gasteiger partial charge on any atom is 0.191 e. The molecule has 0 aliphatic rings. The molecular weight excluding hydrogens is 218 g/mol. The summed E-state index contributed by atoms with van der Waals surface area (Å²) in [7, 11) is 3.43. The molecule has 0 saturated heterocycles. The second kappa shape index (κ2) is 11.7. The highest BCUT2D eigenvalue weighted by Gasteiger charge is 1.97. The molecule has 0 spiro atoms. The molecule has 0 rings (SSSR count). The Morgan fingerprint density at radius 1 is 1.12 bits per heavy atom. The van der Waals surface area contributed by atoms with E-state index in [1.54, 1.807) is 14.2 Å². The van der Waals surface area contributed by atoms with Crippen molar-refractivity contribution in [1.29, 1.82) is 0 Å². The molecular formula is C12H27N3O2. The molecule has 0 aliphatic carbocycles. The van der Waals surface area contributed by atoms with Crippen LogP contribution in [-0.2, 0) is 9.47 Å². The minimum absolute atomic E-state index is 0.672. The summed E-state index contributed by atoms with van der Waals surface area (Å²) in [5, 5.41) is 6.31. The van der Waals surface area contributed by atoms with Crippen LogP contribution < -0.4 is 10.6 Å². The summed E-state index contributed by atoms with van der Waals surface area (Å²) in [6, 6.07) is 0. The van der Waals surface area contributed by atoms with Gasteiger partial charge in [0.1, 0.15) is 0 Å². The first-order valence-electron chi connectivity index (χ1n) is 6.22. The molecule has 0 aliphatic heterocycles. The summed E-state index contributed by atoms with van der Waals surface area (Å²) < 4.78 is 10.4. The average Bonchev–Trinajstić information content (AvgIpc) is 2.31. The minimum Gasteiger partial charge on any atom is -0.383 e. The summed E-state index contributed by atoms with van der Waals surface area (Å²) in [4.78, 5) is 4.09. The third-order valence-corrected chi connectivity index (χ3v) is 2.20. The second-order valence-electron chi connectivity index (χ2n) is 4.21. The molecule has 2 N–H and O–H groups in total. The fraction of sp³-hybridized carbons (Fsp3) is 0.917. The van der Waals surface area contributed by atoms with E-state index in [1.165, 1.54) is 0 Å². The zero-order valence-corrected chi connectivity index (χ0v) is 11.6. The number of methoxy groups -OCH3 is 1. The number of guanidine groups is 1. The zero-order chi connectivity index (χ0) is 12.9. The Morgan fingerprint density at radius 3 is 2.29 bits per heavy atom. The first-order valence-corrected chi connectivity index (χ1v) is 6.22. The van der Waals surface area contributed by atoms with E-state index < -0.39 is 0 Å². The van der Waals surface area contributed by atoms with E-state index in [-0.39, 0.29) is 0 Å². The summed E-state index contributed by atoms with van der Waals surface area (Å²) >= 11 is 0. The predicted molar refractivity (Wildman–Crippen MR) is 71.5 cm³/mol. The molecule has 0 aromatic carbocycles. The number of nitrogens with one attached hydrogen (secondary N) is 2. The molecule has 0 fully saturated rings. The van der Waals surface area contributed by atoms with Crippen LogP contribution in [0.5, 0.6) is 0 Å². The summed E-state index contributed by atoms with van der Waals surface area (Å²) in [5.74, 6) is 1.49. The van der Waals surface area contributed by atoms with Gasteiger partial charge in [0.05, 0.1) is 13.2 Å². The van der Waals surface area contributed by atoms with E-state index in [2.05, 4.69) is 29.5 Å². The normalized spacial score (nSPS) is 11.9. The monoisotopic (exact) mass is 245 g/mol. The lowest BCUT2D eigenvalue weighted by atomic mass is 10.1. The maximum absolute atomic E-state index is 5.50. The smallest absolute Gasteiger partial charge is 0.191 e. The number of rotatable bonds is 9. The van der Waals surface area contributed by atoms with Gasteiger partial charge in [-0.1, -0.05) is 13.8 Å². The van der Waals surface area contributed by atoms with Gasteiger partial charge in [0.15, 0.2) is 5.96 Å². The van der Waals surface area contributed by atoms with Crippen LogP contribution in [0.3, 0.4) is 0 Å². The van der Waals surface area contributed by atoms with Crippen LogP contribution in [0, 0.1) is 5.92 Å². The van der Waals surface area contributed by atoms with Gasteiger partial charge < -0.3 is 20.1 Å². The number of ether oxygens (including phenoxy) is 2. The Bertz CT molecular complexity index is 196. The van der Waals surface area contributed by atoms with E-state index >= 15 is 0 Å². The van der Waals surface area contributed by atoms with Crippen molar-refractivity contribution >= 4 is 5.96 Å². The van der Waals surface area contributed by atoms with E-state index in [9.17, 15) is 0 Å². The highest BCUT2D eigenvalue weighted by molar-refractivity contribution is 5.79. The molecule has 0 heterocycles. The van der Waals surface area contributed by atoms with Gasteiger partial charge in [-0.25, -0.2) is 0 Å². The van der Waals surface area contributed by atoms with Gasteiger partial charge in [-0.2, -0.15) is 0 Å². The van der Waals surface area contributed by atoms with E-state index in [1.807, 2.05) is 0 Å². The van der Waals surface area contributed by atoms with Crippen LogP contribution in [0.4, 0.5) is 0 Å². The number of nitrogens with zero attached hydrogens (tertiary/aromatic N) is 1.